The molecule has 0 bridgehead atoms. The first-order valence-electron chi connectivity index (χ1n) is 40.7. The predicted octanol–water partition coefficient (Wildman–Crippen LogP) is 23.2. The molecule has 582 valence electrons. The number of phosphoric ester groups is 2. The highest BCUT2D eigenvalue weighted by molar-refractivity contribution is 7.47. The summed E-state index contributed by atoms with van der Waals surface area (Å²) in [5, 5.41) is 10.6. The summed E-state index contributed by atoms with van der Waals surface area (Å²) >= 11 is 0. The van der Waals surface area contributed by atoms with Crippen LogP contribution in [0.3, 0.4) is 0 Å². The zero-order chi connectivity index (χ0) is 72.4. The van der Waals surface area contributed by atoms with Gasteiger partial charge in [-0.2, -0.15) is 0 Å². The number of hydrogen-bond acceptors (Lipinski definition) is 15. The monoisotopic (exact) mass is 1440 g/mol. The van der Waals surface area contributed by atoms with E-state index >= 15 is 0 Å². The maximum absolute atomic E-state index is 13.1. The van der Waals surface area contributed by atoms with Gasteiger partial charge in [-0.25, -0.2) is 9.13 Å². The van der Waals surface area contributed by atoms with Crippen molar-refractivity contribution >= 4 is 39.5 Å². The van der Waals surface area contributed by atoms with Crippen LogP contribution in [0.2, 0.25) is 0 Å². The lowest BCUT2D eigenvalue weighted by Crippen LogP contribution is -2.30. The summed E-state index contributed by atoms with van der Waals surface area (Å²) < 4.78 is 68.6. The van der Waals surface area contributed by atoms with E-state index in [-0.39, 0.29) is 25.7 Å². The Kier molecular flexibility index (Phi) is 66.8. The number of carbonyl (C=O) groups excluding carboxylic acids is 4. The third-order valence-electron chi connectivity index (χ3n) is 18.7. The molecule has 4 unspecified atom stereocenters. The van der Waals surface area contributed by atoms with E-state index in [1.807, 2.05) is 0 Å². The molecule has 0 aromatic carbocycles. The van der Waals surface area contributed by atoms with Crippen molar-refractivity contribution in [3.05, 3.63) is 0 Å². The van der Waals surface area contributed by atoms with E-state index in [0.29, 0.717) is 31.6 Å². The number of hydrogen-bond donors (Lipinski definition) is 3. The molecule has 0 spiro atoms. The number of carbonyl (C=O) groups is 4. The molecular formula is C79H154O17P2. The number of aliphatic hydroxyl groups excluding tert-OH is 1. The van der Waals surface area contributed by atoms with Crippen LogP contribution in [-0.4, -0.2) is 96.7 Å². The minimum absolute atomic E-state index is 0.106. The summed E-state index contributed by atoms with van der Waals surface area (Å²) in [6, 6.07) is 0. The molecule has 0 fully saturated rings. The number of unbranched alkanes of at least 4 members (excludes halogenated alkanes) is 41. The van der Waals surface area contributed by atoms with Crippen molar-refractivity contribution < 1.29 is 80.2 Å². The van der Waals surface area contributed by atoms with Gasteiger partial charge in [-0.1, -0.05) is 351 Å². The van der Waals surface area contributed by atoms with Crippen molar-refractivity contribution in [3.63, 3.8) is 0 Å². The zero-order valence-electron chi connectivity index (χ0n) is 64.4. The molecule has 98 heavy (non-hydrogen) atoms. The number of ether oxygens (including phenoxy) is 4. The molecule has 0 saturated heterocycles. The minimum atomic E-state index is -4.96. The highest BCUT2D eigenvalue weighted by Crippen LogP contribution is 2.45. The van der Waals surface area contributed by atoms with Gasteiger partial charge in [-0.05, 0) is 49.4 Å². The molecule has 6 atom stereocenters. The Morgan fingerprint density at radius 3 is 0.724 bits per heavy atom. The molecule has 0 heterocycles. The van der Waals surface area contributed by atoms with Crippen molar-refractivity contribution in [3.8, 4) is 0 Å². The predicted molar refractivity (Wildman–Crippen MR) is 400 cm³/mol. The molecule has 17 nitrogen and oxygen atoms in total. The average molecular weight is 1440 g/mol. The Bertz CT molecular complexity index is 1920. The molecular weight excluding hydrogens is 1280 g/mol. The van der Waals surface area contributed by atoms with Crippen molar-refractivity contribution in [2.75, 3.05) is 39.6 Å². The molecule has 0 amide bonds. The smallest absolute Gasteiger partial charge is 0.462 e. The van der Waals surface area contributed by atoms with Crippen molar-refractivity contribution in [1.29, 1.82) is 0 Å². The van der Waals surface area contributed by atoms with Crippen LogP contribution in [0.4, 0.5) is 0 Å². The third-order valence-corrected chi connectivity index (χ3v) is 20.6. The zero-order valence-corrected chi connectivity index (χ0v) is 66.2. The lowest BCUT2D eigenvalue weighted by atomic mass is 9.99. The van der Waals surface area contributed by atoms with E-state index in [1.165, 1.54) is 199 Å². The van der Waals surface area contributed by atoms with E-state index < -0.39 is 97.5 Å². The van der Waals surface area contributed by atoms with E-state index in [0.717, 1.165) is 114 Å². The summed E-state index contributed by atoms with van der Waals surface area (Å²) in [7, 11) is -9.92. The number of rotatable bonds is 76. The van der Waals surface area contributed by atoms with Crippen LogP contribution in [0.1, 0.15) is 402 Å². The molecule has 0 aliphatic heterocycles. The Hall–Kier alpha value is -1.94. The summed E-state index contributed by atoms with van der Waals surface area (Å²) in [6.45, 7) is 14.2. The number of esters is 4. The Balaban J connectivity index is 5.20. The Morgan fingerprint density at radius 2 is 0.490 bits per heavy atom. The van der Waals surface area contributed by atoms with Crippen LogP contribution < -0.4 is 0 Å². The summed E-state index contributed by atoms with van der Waals surface area (Å²) in [6.07, 6.45) is 54.3. The topological polar surface area (TPSA) is 237 Å². The lowest BCUT2D eigenvalue weighted by molar-refractivity contribution is -0.161. The molecule has 0 aromatic heterocycles. The highest BCUT2D eigenvalue weighted by atomic mass is 31.2. The first-order valence-corrected chi connectivity index (χ1v) is 43.7. The fourth-order valence-corrected chi connectivity index (χ4v) is 13.6. The van der Waals surface area contributed by atoms with Crippen LogP contribution >= 0.6 is 15.6 Å². The standard InChI is InChI=1S/C79H154O17P2/c1-9-72(8)58-50-42-33-29-30-34-43-51-59-76(81)89-65-74(95-78(83)61-54-46-36-28-24-20-16-12-14-18-22-26-32-40-48-56-70(4)5)67-93-97(85,86)91-63-73(80)64-92-98(87,88)94-68-75(66-90-77(82)60-52-44-38-37-41-49-57-71(6)7)96-79(84)62-53-45-35-27-23-19-15-11-10-13-17-21-25-31-39-47-55-69(2)3/h69-75,80H,9-68H2,1-8H3,(H,85,86)(H,87,88)/t72?,73?,74-,75-/m1/s1. The lowest BCUT2D eigenvalue weighted by Gasteiger charge is -2.21. The second kappa shape index (κ2) is 68.2. The van der Waals surface area contributed by atoms with Gasteiger partial charge in [0.2, 0.25) is 0 Å². The Morgan fingerprint density at radius 1 is 0.286 bits per heavy atom. The van der Waals surface area contributed by atoms with Crippen LogP contribution in [0.5, 0.6) is 0 Å². The maximum Gasteiger partial charge on any atom is 0.472 e. The third kappa shape index (κ3) is 71.1. The number of phosphoric acid groups is 2. The van der Waals surface area contributed by atoms with E-state index in [9.17, 15) is 43.2 Å². The fourth-order valence-electron chi connectivity index (χ4n) is 12.0. The van der Waals surface area contributed by atoms with Gasteiger partial charge < -0.3 is 33.8 Å². The van der Waals surface area contributed by atoms with Gasteiger partial charge in [-0.3, -0.25) is 37.3 Å². The van der Waals surface area contributed by atoms with Gasteiger partial charge in [0.25, 0.3) is 0 Å². The maximum atomic E-state index is 13.1. The van der Waals surface area contributed by atoms with Crippen molar-refractivity contribution in [2.24, 2.45) is 23.7 Å². The fraction of sp³-hybridized carbons (Fsp3) is 0.949. The normalized spacial score (nSPS) is 14.3. The van der Waals surface area contributed by atoms with Crippen LogP contribution in [0, 0.1) is 23.7 Å². The second-order valence-corrected chi connectivity index (χ2v) is 33.0. The van der Waals surface area contributed by atoms with Gasteiger partial charge in [0.1, 0.15) is 19.3 Å². The van der Waals surface area contributed by atoms with E-state index in [1.54, 1.807) is 0 Å². The molecule has 0 aliphatic carbocycles. The highest BCUT2D eigenvalue weighted by Gasteiger charge is 2.30. The molecule has 0 aliphatic rings. The van der Waals surface area contributed by atoms with E-state index in [2.05, 4.69) is 55.4 Å². The van der Waals surface area contributed by atoms with Gasteiger partial charge >= 0.3 is 39.5 Å². The van der Waals surface area contributed by atoms with Crippen LogP contribution in [-0.2, 0) is 65.4 Å². The summed E-state index contributed by atoms with van der Waals surface area (Å²) in [5.41, 5.74) is 0. The summed E-state index contributed by atoms with van der Waals surface area (Å²) in [4.78, 5) is 72.9. The molecule has 0 saturated carbocycles. The number of aliphatic hydroxyl groups is 1. The van der Waals surface area contributed by atoms with Gasteiger partial charge in [-0.15, -0.1) is 0 Å². The molecule has 19 heteroatoms. The van der Waals surface area contributed by atoms with Gasteiger partial charge in [0.15, 0.2) is 12.2 Å². The van der Waals surface area contributed by atoms with E-state index in [4.69, 9.17) is 37.0 Å². The molecule has 0 radical (unpaired) electrons. The largest absolute Gasteiger partial charge is 0.472 e. The average Bonchev–Trinajstić information content (AvgIpc) is 0.973. The van der Waals surface area contributed by atoms with Gasteiger partial charge in [0, 0.05) is 25.7 Å². The molecule has 3 N–H and O–H groups in total. The second-order valence-electron chi connectivity index (χ2n) is 30.1. The van der Waals surface area contributed by atoms with Crippen LogP contribution in [0.25, 0.3) is 0 Å². The summed E-state index contributed by atoms with van der Waals surface area (Å²) in [5.74, 6) is 0.950. The van der Waals surface area contributed by atoms with Gasteiger partial charge in [0.05, 0.1) is 26.4 Å². The van der Waals surface area contributed by atoms with Crippen LogP contribution in [0.15, 0.2) is 0 Å². The quantitative estimate of drug-likeness (QED) is 0.0222. The minimum Gasteiger partial charge on any atom is -0.462 e. The first kappa shape index (κ1) is 96.1. The van der Waals surface area contributed by atoms with Crippen molar-refractivity contribution in [1.82, 2.24) is 0 Å². The SMILES string of the molecule is CCC(C)CCCCCCCCCCC(=O)OC[C@H](COP(=O)(O)OCC(O)COP(=O)(O)OC[C@@H](COC(=O)CCCCCCCCC(C)C)OC(=O)CCCCCCCCCCCCCCCCCCC(C)C)OC(=O)CCCCCCCCCCCCCCCCCC(C)C. The molecule has 0 rings (SSSR count). The van der Waals surface area contributed by atoms with Crippen molar-refractivity contribution in [2.45, 2.75) is 420 Å². The first-order chi connectivity index (χ1) is 47.1. The molecule has 0 aromatic rings. The Labute approximate surface area is 600 Å².